The number of aliphatic hydroxyl groups excluding tert-OH is 1. The molecule has 0 aromatic heterocycles. The van der Waals surface area contributed by atoms with E-state index >= 15 is 0 Å². The van der Waals surface area contributed by atoms with Crippen LogP contribution >= 0.6 is 11.6 Å². The third-order valence-corrected chi connectivity index (χ3v) is 2.26. The summed E-state index contributed by atoms with van der Waals surface area (Å²) in [7, 11) is 0. The molecular formula is C10H10ClF3O. The van der Waals surface area contributed by atoms with Gasteiger partial charge in [-0.1, -0.05) is 18.2 Å². The van der Waals surface area contributed by atoms with Crippen LogP contribution in [0.1, 0.15) is 11.1 Å². The van der Waals surface area contributed by atoms with Gasteiger partial charge in [0, 0.05) is 5.88 Å². The Morgan fingerprint density at radius 2 is 2.00 bits per heavy atom. The van der Waals surface area contributed by atoms with Gasteiger partial charge in [-0.15, -0.1) is 11.6 Å². The molecule has 1 aromatic rings. The topological polar surface area (TPSA) is 20.2 Å². The number of hydrogen-bond acceptors (Lipinski definition) is 1. The van der Waals surface area contributed by atoms with Crippen molar-refractivity contribution >= 4 is 11.6 Å². The molecule has 5 heteroatoms. The van der Waals surface area contributed by atoms with Crippen molar-refractivity contribution in [2.45, 2.75) is 18.7 Å². The molecule has 15 heavy (non-hydrogen) atoms. The van der Waals surface area contributed by atoms with Crippen molar-refractivity contribution in [3.8, 4) is 0 Å². The van der Waals surface area contributed by atoms with Crippen LogP contribution < -0.4 is 0 Å². The molecule has 1 N–H and O–H groups in total. The summed E-state index contributed by atoms with van der Waals surface area (Å²) in [6.07, 6.45) is -5.02. The molecule has 1 unspecified atom stereocenters. The van der Waals surface area contributed by atoms with Crippen LogP contribution in [0.2, 0.25) is 0 Å². The maximum Gasteiger partial charge on any atom is 0.416 e. The zero-order chi connectivity index (χ0) is 11.5. The zero-order valence-corrected chi connectivity index (χ0v) is 8.52. The molecule has 0 saturated carbocycles. The van der Waals surface area contributed by atoms with E-state index in [-0.39, 0.29) is 12.3 Å². The van der Waals surface area contributed by atoms with Crippen molar-refractivity contribution in [1.82, 2.24) is 0 Å². The number of aliphatic hydroxyl groups is 1. The van der Waals surface area contributed by atoms with Crippen molar-refractivity contribution in [2.75, 3.05) is 5.88 Å². The Hall–Kier alpha value is -0.740. The highest BCUT2D eigenvalue weighted by Crippen LogP contribution is 2.29. The fourth-order valence-electron chi connectivity index (χ4n) is 1.20. The smallest absolute Gasteiger partial charge is 0.392 e. The van der Waals surface area contributed by atoms with E-state index in [1.54, 1.807) is 0 Å². The molecule has 0 heterocycles. The summed E-state index contributed by atoms with van der Waals surface area (Å²) in [6, 6.07) is 4.87. The van der Waals surface area contributed by atoms with Crippen molar-refractivity contribution in [1.29, 1.82) is 0 Å². The molecule has 84 valence electrons. The quantitative estimate of drug-likeness (QED) is 0.803. The van der Waals surface area contributed by atoms with Gasteiger partial charge in [0.15, 0.2) is 0 Å². The van der Waals surface area contributed by atoms with Crippen LogP contribution in [0.25, 0.3) is 0 Å². The molecule has 0 spiro atoms. The number of hydrogen-bond donors (Lipinski definition) is 1. The Morgan fingerprint density at radius 3 is 2.53 bits per heavy atom. The predicted molar refractivity (Wildman–Crippen MR) is 51.9 cm³/mol. The average molecular weight is 239 g/mol. The number of halogens is 4. The highest BCUT2D eigenvalue weighted by Gasteiger charge is 2.30. The lowest BCUT2D eigenvalue weighted by molar-refractivity contribution is -0.137. The summed E-state index contributed by atoms with van der Waals surface area (Å²) in [5.74, 6) is 0.0102. The molecule has 0 saturated heterocycles. The molecule has 0 radical (unpaired) electrons. The minimum Gasteiger partial charge on any atom is -0.392 e. The fraction of sp³-hybridized carbons (Fsp3) is 0.400. The monoisotopic (exact) mass is 238 g/mol. The molecule has 0 bridgehead atoms. The highest BCUT2D eigenvalue weighted by molar-refractivity contribution is 6.18. The van der Waals surface area contributed by atoms with Gasteiger partial charge in [0.2, 0.25) is 0 Å². The van der Waals surface area contributed by atoms with Crippen molar-refractivity contribution in [2.24, 2.45) is 0 Å². The van der Waals surface area contributed by atoms with Crippen LogP contribution in [0, 0.1) is 0 Å². The van der Waals surface area contributed by atoms with Gasteiger partial charge >= 0.3 is 6.18 Å². The first-order chi connectivity index (χ1) is 6.93. The fourth-order valence-corrected chi connectivity index (χ4v) is 1.31. The summed E-state index contributed by atoms with van der Waals surface area (Å²) in [6.45, 7) is 0. The second kappa shape index (κ2) is 4.86. The summed E-state index contributed by atoms with van der Waals surface area (Å²) in [4.78, 5) is 0. The van der Waals surface area contributed by atoms with Crippen LogP contribution in [0.3, 0.4) is 0 Å². The van der Waals surface area contributed by atoms with Gasteiger partial charge in [0.1, 0.15) is 0 Å². The van der Waals surface area contributed by atoms with E-state index in [1.165, 1.54) is 12.1 Å². The van der Waals surface area contributed by atoms with E-state index in [0.29, 0.717) is 5.56 Å². The standard InChI is InChI=1S/C10H10ClF3O/c11-6-9(15)5-7-2-1-3-8(4-7)10(12,13)14/h1-4,9,15H,5-6H2. The van der Waals surface area contributed by atoms with Crippen LogP contribution in [0.5, 0.6) is 0 Å². The lowest BCUT2D eigenvalue weighted by atomic mass is 10.1. The SMILES string of the molecule is OC(CCl)Cc1cccc(C(F)(F)F)c1. The van der Waals surface area contributed by atoms with E-state index < -0.39 is 17.8 Å². The number of rotatable bonds is 3. The van der Waals surface area contributed by atoms with Gasteiger partial charge in [0.25, 0.3) is 0 Å². The van der Waals surface area contributed by atoms with Gasteiger partial charge in [-0.2, -0.15) is 13.2 Å². The second-order valence-corrected chi connectivity index (χ2v) is 3.52. The summed E-state index contributed by atoms with van der Waals surface area (Å²) < 4.78 is 36.9. The largest absolute Gasteiger partial charge is 0.416 e. The lowest BCUT2D eigenvalue weighted by Crippen LogP contribution is -2.13. The minimum atomic E-state index is -4.35. The zero-order valence-electron chi connectivity index (χ0n) is 7.76. The molecule has 1 rings (SSSR count). The molecular weight excluding hydrogens is 229 g/mol. The Kier molecular flexibility index (Phi) is 3.99. The van der Waals surface area contributed by atoms with E-state index in [1.807, 2.05) is 0 Å². The molecule has 1 nitrogen and oxygen atoms in total. The van der Waals surface area contributed by atoms with Crippen LogP contribution in [0.15, 0.2) is 24.3 Å². The first-order valence-electron chi connectivity index (χ1n) is 4.33. The predicted octanol–water partition coefficient (Wildman–Crippen LogP) is 2.85. The summed E-state index contributed by atoms with van der Waals surface area (Å²) in [5, 5.41) is 9.19. The van der Waals surface area contributed by atoms with Crippen LogP contribution in [0.4, 0.5) is 13.2 Å². The summed E-state index contributed by atoms with van der Waals surface area (Å²) in [5.41, 5.74) is -0.278. The van der Waals surface area contributed by atoms with Crippen molar-refractivity contribution in [3.05, 3.63) is 35.4 Å². The molecule has 1 atom stereocenters. The molecule has 0 aliphatic rings. The maximum atomic E-state index is 12.3. The van der Waals surface area contributed by atoms with E-state index in [2.05, 4.69) is 0 Å². The normalized spacial score (nSPS) is 13.9. The molecule has 1 aromatic carbocycles. The van der Waals surface area contributed by atoms with E-state index in [9.17, 15) is 18.3 Å². The Labute approximate surface area is 90.5 Å². The van der Waals surface area contributed by atoms with Crippen LogP contribution in [-0.4, -0.2) is 17.1 Å². The van der Waals surface area contributed by atoms with E-state index in [4.69, 9.17) is 11.6 Å². The third kappa shape index (κ3) is 3.72. The van der Waals surface area contributed by atoms with Gasteiger partial charge in [-0.25, -0.2) is 0 Å². The molecule has 0 aliphatic carbocycles. The highest BCUT2D eigenvalue weighted by atomic mass is 35.5. The number of alkyl halides is 4. The van der Waals surface area contributed by atoms with Crippen molar-refractivity contribution in [3.63, 3.8) is 0 Å². The van der Waals surface area contributed by atoms with Crippen LogP contribution in [-0.2, 0) is 12.6 Å². The van der Waals surface area contributed by atoms with Crippen molar-refractivity contribution < 1.29 is 18.3 Å². The first-order valence-corrected chi connectivity index (χ1v) is 4.87. The molecule has 0 amide bonds. The lowest BCUT2D eigenvalue weighted by Gasteiger charge is -2.10. The third-order valence-electron chi connectivity index (χ3n) is 1.90. The van der Waals surface area contributed by atoms with Gasteiger partial charge in [0.05, 0.1) is 11.7 Å². The second-order valence-electron chi connectivity index (χ2n) is 3.21. The van der Waals surface area contributed by atoms with Gasteiger partial charge < -0.3 is 5.11 Å². The molecule has 0 aliphatic heterocycles. The number of benzene rings is 1. The Morgan fingerprint density at radius 1 is 1.33 bits per heavy atom. The average Bonchev–Trinajstić information content (AvgIpc) is 2.17. The first kappa shape index (κ1) is 12.3. The molecule has 0 fully saturated rings. The van der Waals surface area contributed by atoms with Gasteiger partial charge in [-0.3, -0.25) is 0 Å². The summed E-state index contributed by atoms with van der Waals surface area (Å²) >= 11 is 5.36. The maximum absolute atomic E-state index is 12.3. The van der Waals surface area contributed by atoms with E-state index in [0.717, 1.165) is 12.1 Å². The Bertz CT molecular complexity index is 325. The van der Waals surface area contributed by atoms with Gasteiger partial charge in [-0.05, 0) is 18.1 Å². The Balaban J connectivity index is 2.84. The minimum absolute atomic E-state index is 0.0102.